The Labute approximate surface area is 186 Å². The third kappa shape index (κ3) is 4.43. The SMILES string of the molecule is CN1CC(=O)N(CC(=O)Nc2cc(S(=O)(=O)N3CCOCC3)ccc2N2CCCC2)C1=O. The molecule has 12 heteroatoms. The minimum atomic E-state index is -3.75. The van der Waals surface area contributed by atoms with Crippen molar-refractivity contribution in [3.05, 3.63) is 18.2 Å². The molecule has 0 aliphatic carbocycles. The zero-order valence-electron chi connectivity index (χ0n) is 17.9. The molecule has 3 heterocycles. The lowest BCUT2D eigenvalue weighted by Crippen LogP contribution is -2.40. The van der Waals surface area contributed by atoms with Gasteiger partial charge in [-0.05, 0) is 31.0 Å². The van der Waals surface area contributed by atoms with Gasteiger partial charge in [-0.2, -0.15) is 4.31 Å². The Kier molecular flexibility index (Phi) is 6.35. The first-order valence-corrected chi connectivity index (χ1v) is 12.0. The van der Waals surface area contributed by atoms with Crippen molar-refractivity contribution >= 4 is 39.2 Å². The monoisotopic (exact) mass is 465 g/mol. The number of nitrogens with zero attached hydrogens (tertiary/aromatic N) is 4. The Morgan fingerprint density at radius 2 is 1.78 bits per heavy atom. The van der Waals surface area contributed by atoms with Crippen LogP contribution in [0.4, 0.5) is 16.2 Å². The van der Waals surface area contributed by atoms with E-state index in [4.69, 9.17) is 4.74 Å². The zero-order chi connectivity index (χ0) is 22.9. The van der Waals surface area contributed by atoms with E-state index in [0.717, 1.165) is 30.8 Å². The summed E-state index contributed by atoms with van der Waals surface area (Å²) < 4.78 is 32.8. The van der Waals surface area contributed by atoms with Gasteiger partial charge < -0.3 is 19.9 Å². The van der Waals surface area contributed by atoms with Crippen molar-refractivity contribution in [3.8, 4) is 0 Å². The summed E-state index contributed by atoms with van der Waals surface area (Å²) in [6.07, 6.45) is 2.01. The number of sulfonamides is 1. The highest BCUT2D eigenvalue weighted by molar-refractivity contribution is 7.89. The number of benzene rings is 1. The Morgan fingerprint density at radius 1 is 1.09 bits per heavy atom. The van der Waals surface area contributed by atoms with Crippen molar-refractivity contribution in [2.75, 3.05) is 69.7 Å². The second-order valence-electron chi connectivity index (χ2n) is 8.06. The maximum atomic E-state index is 13.1. The molecule has 0 spiro atoms. The number of ether oxygens (including phenoxy) is 1. The van der Waals surface area contributed by atoms with Gasteiger partial charge in [0, 0.05) is 33.2 Å². The van der Waals surface area contributed by atoms with E-state index in [1.165, 1.54) is 22.3 Å². The standard InChI is InChI=1S/C20H27N5O6S/c1-22-14-19(27)25(20(22)28)13-18(26)21-16-12-15(4-5-17(16)23-6-2-3-7-23)32(29,30)24-8-10-31-11-9-24/h4-5,12H,2-3,6-11,13-14H2,1H3,(H,21,26). The lowest BCUT2D eigenvalue weighted by molar-refractivity contribution is -0.129. The van der Waals surface area contributed by atoms with E-state index in [0.29, 0.717) is 24.6 Å². The summed E-state index contributed by atoms with van der Waals surface area (Å²) in [5.74, 6) is -1.01. The highest BCUT2D eigenvalue weighted by Crippen LogP contribution is 2.32. The summed E-state index contributed by atoms with van der Waals surface area (Å²) in [4.78, 5) is 41.1. The molecule has 0 bridgehead atoms. The second-order valence-corrected chi connectivity index (χ2v) is 9.99. The van der Waals surface area contributed by atoms with E-state index in [1.807, 2.05) is 0 Å². The van der Waals surface area contributed by atoms with E-state index in [1.54, 1.807) is 12.1 Å². The maximum absolute atomic E-state index is 13.1. The minimum absolute atomic E-state index is 0.0710. The molecule has 3 aliphatic rings. The third-order valence-electron chi connectivity index (χ3n) is 5.83. The second kappa shape index (κ2) is 9.04. The molecule has 174 valence electrons. The Morgan fingerprint density at radius 3 is 2.41 bits per heavy atom. The van der Waals surface area contributed by atoms with Crippen LogP contribution < -0.4 is 10.2 Å². The Balaban J connectivity index is 1.59. The highest BCUT2D eigenvalue weighted by Gasteiger charge is 2.35. The summed E-state index contributed by atoms with van der Waals surface area (Å²) in [5.41, 5.74) is 1.06. The molecule has 3 fully saturated rings. The topological polar surface area (TPSA) is 120 Å². The quantitative estimate of drug-likeness (QED) is 0.594. The molecular weight excluding hydrogens is 438 g/mol. The number of rotatable bonds is 6. The molecule has 1 aromatic carbocycles. The van der Waals surface area contributed by atoms with Crippen LogP contribution in [0.25, 0.3) is 0 Å². The van der Waals surface area contributed by atoms with Gasteiger partial charge in [-0.25, -0.2) is 13.2 Å². The Bertz CT molecular complexity index is 1020. The van der Waals surface area contributed by atoms with Gasteiger partial charge in [0.25, 0.3) is 5.91 Å². The van der Waals surface area contributed by atoms with Gasteiger partial charge in [-0.1, -0.05) is 0 Å². The van der Waals surface area contributed by atoms with Crippen LogP contribution in [0.1, 0.15) is 12.8 Å². The smallest absolute Gasteiger partial charge is 0.327 e. The molecule has 0 radical (unpaired) electrons. The van der Waals surface area contributed by atoms with Gasteiger partial charge in [-0.15, -0.1) is 0 Å². The van der Waals surface area contributed by atoms with E-state index < -0.39 is 34.4 Å². The molecule has 4 amide bonds. The molecule has 1 aromatic rings. The number of likely N-dealkylation sites (N-methyl/N-ethyl adjacent to an activating group) is 1. The summed E-state index contributed by atoms with van der Waals surface area (Å²) in [6.45, 7) is 2.30. The van der Waals surface area contributed by atoms with E-state index in [2.05, 4.69) is 10.2 Å². The van der Waals surface area contributed by atoms with Crippen LogP contribution in [0.2, 0.25) is 0 Å². The lowest BCUT2D eigenvalue weighted by Gasteiger charge is -2.27. The van der Waals surface area contributed by atoms with Crippen LogP contribution >= 0.6 is 0 Å². The molecule has 11 nitrogen and oxygen atoms in total. The van der Waals surface area contributed by atoms with Crippen LogP contribution in [-0.4, -0.2) is 99.9 Å². The maximum Gasteiger partial charge on any atom is 0.327 e. The van der Waals surface area contributed by atoms with E-state index in [-0.39, 0.29) is 24.5 Å². The minimum Gasteiger partial charge on any atom is -0.379 e. The van der Waals surface area contributed by atoms with Crippen LogP contribution in [0.15, 0.2) is 23.1 Å². The van der Waals surface area contributed by atoms with E-state index >= 15 is 0 Å². The predicted octanol–water partition coefficient (Wildman–Crippen LogP) is 0.140. The van der Waals surface area contributed by atoms with Crippen molar-refractivity contribution in [2.45, 2.75) is 17.7 Å². The molecule has 1 N–H and O–H groups in total. The number of imide groups is 1. The normalized spacial score (nSPS) is 20.3. The number of morpholine rings is 1. The van der Waals surface area contributed by atoms with Crippen LogP contribution in [0.5, 0.6) is 0 Å². The molecule has 0 unspecified atom stereocenters. The first-order valence-electron chi connectivity index (χ1n) is 10.6. The van der Waals surface area contributed by atoms with Gasteiger partial charge in [-0.3, -0.25) is 14.5 Å². The molecule has 3 aliphatic heterocycles. The van der Waals surface area contributed by atoms with Crippen molar-refractivity contribution in [3.63, 3.8) is 0 Å². The Hall–Kier alpha value is -2.70. The number of carbonyl (C=O) groups is 3. The summed E-state index contributed by atoms with van der Waals surface area (Å²) in [6, 6.07) is 4.18. The van der Waals surface area contributed by atoms with Gasteiger partial charge in [0.1, 0.15) is 13.1 Å². The first-order chi connectivity index (χ1) is 15.3. The fraction of sp³-hybridized carbons (Fsp3) is 0.550. The van der Waals surface area contributed by atoms with Crippen LogP contribution in [-0.2, 0) is 24.3 Å². The number of urea groups is 1. The average molecular weight is 466 g/mol. The van der Waals surface area contributed by atoms with Crippen molar-refractivity contribution in [2.24, 2.45) is 0 Å². The number of anilines is 2. The predicted molar refractivity (Wildman–Crippen MR) is 116 cm³/mol. The molecule has 3 saturated heterocycles. The van der Waals surface area contributed by atoms with Crippen molar-refractivity contribution in [1.29, 1.82) is 0 Å². The highest BCUT2D eigenvalue weighted by atomic mass is 32.2. The summed E-state index contributed by atoms with van der Waals surface area (Å²) in [7, 11) is -2.26. The molecule has 0 aromatic heterocycles. The lowest BCUT2D eigenvalue weighted by atomic mass is 10.2. The summed E-state index contributed by atoms with van der Waals surface area (Å²) in [5, 5.41) is 2.73. The fourth-order valence-corrected chi connectivity index (χ4v) is 5.54. The van der Waals surface area contributed by atoms with E-state index in [9.17, 15) is 22.8 Å². The van der Waals surface area contributed by atoms with Gasteiger partial charge in [0.05, 0.1) is 29.5 Å². The van der Waals surface area contributed by atoms with Crippen molar-refractivity contribution < 1.29 is 27.5 Å². The number of nitrogens with one attached hydrogen (secondary N) is 1. The molecule has 0 saturated carbocycles. The average Bonchev–Trinajstić information content (AvgIpc) is 3.39. The number of hydrogen-bond donors (Lipinski definition) is 1. The van der Waals surface area contributed by atoms with Gasteiger partial charge in [0.15, 0.2) is 0 Å². The molecule has 4 rings (SSSR count). The third-order valence-corrected chi connectivity index (χ3v) is 7.72. The fourth-order valence-electron chi connectivity index (χ4n) is 4.10. The first kappa shape index (κ1) is 22.5. The van der Waals surface area contributed by atoms with Crippen molar-refractivity contribution in [1.82, 2.24) is 14.1 Å². The zero-order valence-corrected chi connectivity index (χ0v) is 18.8. The largest absolute Gasteiger partial charge is 0.379 e. The number of carbonyl (C=O) groups excluding carboxylic acids is 3. The number of hydrogen-bond acceptors (Lipinski definition) is 7. The van der Waals surface area contributed by atoms with Gasteiger partial charge in [0.2, 0.25) is 15.9 Å². The summed E-state index contributed by atoms with van der Waals surface area (Å²) >= 11 is 0. The van der Waals surface area contributed by atoms with Crippen LogP contribution in [0, 0.1) is 0 Å². The molecule has 32 heavy (non-hydrogen) atoms. The molecular formula is C20H27N5O6S. The van der Waals surface area contributed by atoms with Gasteiger partial charge >= 0.3 is 6.03 Å². The number of amides is 4. The van der Waals surface area contributed by atoms with Crippen LogP contribution in [0.3, 0.4) is 0 Å². The molecule has 0 atom stereocenters.